The van der Waals surface area contributed by atoms with Crippen molar-refractivity contribution in [2.75, 3.05) is 6.54 Å². The van der Waals surface area contributed by atoms with Crippen molar-refractivity contribution in [3.63, 3.8) is 0 Å². The second kappa shape index (κ2) is 3.20. The van der Waals surface area contributed by atoms with Crippen LogP contribution in [0.1, 0.15) is 39.0 Å². The van der Waals surface area contributed by atoms with Crippen LogP contribution in [-0.2, 0) is 0 Å². The summed E-state index contributed by atoms with van der Waals surface area (Å²) in [5, 5.41) is 5.91. The molecule has 0 aromatic carbocycles. The van der Waals surface area contributed by atoms with Crippen molar-refractivity contribution >= 4 is 6.03 Å². The fourth-order valence-electron chi connectivity index (χ4n) is 2.60. The quantitative estimate of drug-likeness (QED) is 0.636. The van der Waals surface area contributed by atoms with Gasteiger partial charge in [-0.2, -0.15) is 0 Å². The third kappa shape index (κ3) is 1.64. The van der Waals surface area contributed by atoms with Crippen molar-refractivity contribution in [1.82, 2.24) is 10.6 Å². The number of rotatable bonds is 1. The first-order chi connectivity index (χ1) is 6.21. The first-order valence-electron chi connectivity index (χ1n) is 5.27. The Hall–Kier alpha value is -0.730. The van der Waals surface area contributed by atoms with Crippen LogP contribution in [0, 0.1) is 5.92 Å². The van der Waals surface area contributed by atoms with Crippen LogP contribution in [0.25, 0.3) is 0 Å². The number of urea groups is 1. The van der Waals surface area contributed by atoms with Crippen LogP contribution in [0.4, 0.5) is 4.79 Å². The van der Waals surface area contributed by atoms with E-state index < -0.39 is 0 Å². The lowest BCUT2D eigenvalue weighted by Crippen LogP contribution is -2.47. The van der Waals surface area contributed by atoms with Crippen LogP contribution in [0.15, 0.2) is 0 Å². The van der Waals surface area contributed by atoms with Gasteiger partial charge in [0.25, 0.3) is 0 Å². The first-order valence-corrected chi connectivity index (χ1v) is 5.27. The topological polar surface area (TPSA) is 41.1 Å². The van der Waals surface area contributed by atoms with Crippen molar-refractivity contribution < 1.29 is 4.79 Å². The fraction of sp³-hybridized carbons (Fsp3) is 0.900. The molecule has 1 aliphatic heterocycles. The largest absolute Gasteiger partial charge is 0.336 e. The molecule has 1 aliphatic carbocycles. The van der Waals surface area contributed by atoms with Gasteiger partial charge in [-0.15, -0.1) is 0 Å². The lowest BCUT2D eigenvalue weighted by atomic mass is 9.76. The normalized spacial score (nSPS) is 35.6. The standard InChI is InChI=1S/C10H18N2O/c1-10(7-11-9(13)12-10)8-5-3-2-4-6-8/h8H,2-7H2,1H3,(H2,11,12,13). The highest BCUT2D eigenvalue weighted by atomic mass is 16.2. The Balaban J connectivity index is 2.01. The summed E-state index contributed by atoms with van der Waals surface area (Å²) < 4.78 is 0. The zero-order chi connectivity index (χ0) is 9.31. The van der Waals surface area contributed by atoms with Crippen molar-refractivity contribution in [2.24, 2.45) is 5.92 Å². The molecule has 1 saturated heterocycles. The van der Waals surface area contributed by atoms with E-state index in [1.165, 1.54) is 32.1 Å². The van der Waals surface area contributed by atoms with Gasteiger partial charge in [0.05, 0.1) is 5.54 Å². The summed E-state index contributed by atoms with van der Waals surface area (Å²) in [5.41, 5.74) is 0.0253. The van der Waals surface area contributed by atoms with Crippen molar-refractivity contribution in [2.45, 2.75) is 44.6 Å². The molecule has 2 fully saturated rings. The molecule has 1 heterocycles. The molecule has 3 nitrogen and oxygen atoms in total. The molecule has 2 rings (SSSR count). The van der Waals surface area contributed by atoms with E-state index >= 15 is 0 Å². The van der Waals surface area contributed by atoms with Gasteiger partial charge in [-0.25, -0.2) is 4.79 Å². The monoisotopic (exact) mass is 182 g/mol. The average molecular weight is 182 g/mol. The average Bonchev–Trinajstić information content (AvgIpc) is 2.49. The smallest absolute Gasteiger partial charge is 0.315 e. The van der Waals surface area contributed by atoms with Crippen molar-refractivity contribution in [3.8, 4) is 0 Å². The van der Waals surface area contributed by atoms with Gasteiger partial charge in [0.2, 0.25) is 0 Å². The van der Waals surface area contributed by atoms with Crippen molar-refractivity contribution in [3.05, 3.63) is 0 Å². The van der Waals surface area contributed by atoms with Gasteiger partial charge >= 0.3 is 6.03 Å². The summed E-state index contributed by atoms with van der Waals surface area (Å²) in [6.45, 7) is 2.97. The molecule has 2 amide bonds. The third-order valence-corrected chi connectivity index (χ3v) is 3.52. The lowest BCUT2D eigenvalue weighted by molar-refractivity contribution is 0.206. The minimum atomic E-state index is 0.00748. The maximum atomic E-state index is 11.1. The zero-order valence-electron chi connectivity index (χ0n) is 8.23. The molecule has 74 valence electrons. The van der Waals surface area contributed by atoms with Gasteiger partial charge in [0.15, 0.2) is 0 Å². The van der Waals surface area contributed by atoms with E-state index in [2.05, 4.69) is 17.6 Å². The molecule has 3 heteroatoms. The first kappa shape index (κ1) is 8.85. The summed E-state index contributed by atoms with van der Waals surface area (Å²) in [4.78, 5) is 11.1. The number of hydrogen-bond donors (Lipinski definition) is 2. The van der Waals surface area contributed by atoms with Gasteiger partial charge in [-0.05, 0) is 25.7 Å². The summed E-state index contributed by atoms with van der Waals surface area (Å²) in [5.74, 6) is 0.681. The van der Waals surface area contributed by atoms with E-state index in [1.54, 1.807) is 0 Å². The molecule has 13 heavy (non-hydrogen) atoms. The number of amides is 2. The maximum Gasteiger partial charge on any atom is 0.315 e. The minimum absolute atomic E-state index is 0.00748. The van der Waals surface area contributed by atoms with Crippen LogP contribution in [0.5, 0.6) is 0 Å². The number of carbonyl (C=O) groups is 1. The van der Waals surface area contributed by atoms with Gasteiger partial charge in [-0.3, -0.25) is 0 Å². The summed E-state index contributed by atoms with van der Waals surface area (Å²) in [6.07, 6.45) is 6.58. The Labute approximate surface area is 79.3 Å². The van der Waals surface area contributed by atoms with Gasteiger partial charge < -0.3 is 10.6 Å². The molecule has 1 saturated carbocycles. The highest BCUT2D eigenvalue weighted by Gasteiger charge is 2.40. The summed E-state index contributed by atoms with van der Waals surface area (Å²) in [6, 6.07) is 0.00748. The predicted molar refractivity (Wildman–Crippen MR) is 51.5 cm³/mol. The van der Waals surface area contributed by atoms with E-state index in [-0.39, 0.29) is 11.6 Å². The van der Waals surface area contributed by atoms with E-state index in [9.17, 15) is 4.79 Å². The van der Waals surface area contributed by atoms with E-state index in [0.717, 1.165) is 6.54 Å². The third-order valence-electron chi connectivity index (χ3n) is 3.52. The highest BCUT2D eigenvalue weighted by Crippen LogP contribution is 2.33. The Kier molecular flexibility index (Phi) is 2.18. The lowest BCUT2D eigenvalue weighted by Gasteiger charge is -2.35. The molecule has 0 aromatic heterocycles. The Morgan fingerprint density at radius 1 is 1.31 bits per heavy atom. The van der Waals surface area contributed by atoms with Crippen LogP contribution < -0.4 is 10.6 Å². The highest BCUT2D eigenvalue weighted by molar-refractivity contribution is 5.77. The number of hydrogen-bond acceptors (Lipinski definition) is 1. The number of carbonyl (C=O) groups excluding carboxylic acids is 1. The molecule has 1 unspecified atom stereocenters. The Morgan fingerprint density at radius 2 is 2.00 bits per heavy atom. The zero-order valence-corrected chi connectivity index (χ0v) is 8.23. The Bertz CT molecular complexity index is 211. The molecule has 0 bridgehead atoms. The van der Waals surface area contributed by atoms with Crippen LogP contribution in [0.2, 0.25) is 0 Å². The van der Waals surface area contributed by atoms with Gasteiger partial charge in [0.1, 0.15) is 0 Å². The molecular formula is C10H18N2O. The fourth-order valence-corrected chi connectivity index (χ4v) is 2.60. The Morgan fingerprint density at radius 3 is 2.54 bits per heavy atom. The van der Waals surface area contributed by atoms with E-state index in [4.69, 9.17) is 0 Å². The molecular weight excluding hydrogens is 164 g/mol. The molecule has 1 atom stereocenters. The van der Waals surface area contributed by atoms with Gasteiger partial charge in [0, 0.05) is 6.54 Å². The molecule has 0 spiro atoms. The van der Waals surface area contributed by atoms with Crippen molar-refractivity contribution in [1.29, 1.82) is 0 Å². The summed E-state index contributed by atoms with van der Waals surface area (Å²) in [7, 11) is 0. The van der Waals surface area contributed by atoms with Gasteiger partial charge in [-0.1, -0.05) is 19.3 Å². The molecule has 0 aromatic rings. The van der Waals surface area contributed by atoms with Crippen LogP contribution in [0.3, 0.4) is 0 Å². The predicted octanol–water partition coefficient (Wildman–Crippen LogP) is 1.64. The SMILES string of the molecule is CC1(C2CCCCC2)CNC(=O)N1. The van der Waals surface area contributed by atoms with Crippen LogP contribution >= 0.6 is 0 Å². The second-order valence-electron chi connectivity index (χ2n) is 4.56. The van der Waals surface area contributed by atoms with E-state index in [0.29, 0.717) is 5.92 Å². The minimum Gasteiger partial charge on any atom is -0.336 e. The summed E-state index contributed by atoms with van der Waals surface area (Å²) >= 11 is 0. The molecule has 2 N–H and O–H groups in total. The van der Waals surface area contributed by atoms with Crippen LogP contribution in [-0.4, -0.2) is 18.1 Å². The molecule has 0 radical (unpaired) electrons. The molecule has 2 aliphatic rings. The van der Waals surface area contributed by atoms with E-state index in [1.807, 2.05) is 0 Å². The second-order valence-corrected chi connectivity index (χ2v) is 4.56. The number of nitrogens with one attached hydrogen (secondary N) is 2. The maximum absolute atomic E-state index is 11.1.